The second-order valence-electron chi connectivity index (χ2n) is 4.25. The molecule has 0 saturated carbocycles. The summed E-state index contributed by atoms with van der Waals surface area (Å²) in [5.74, 6) is -3.80. The average Bonchev–Trinajstić information content (AvgIpc) is 2.40. The van der Waals surface area contributed by atoms with Crippen molar-refractivity contribution in [3.63, 3.8) is 0 Å². The minimum absolute atomic E-state index is 0.0844. The van der Waals surface area contributed by atoms with Crippen LogP contribution in [0.5, 0.6) is 0 Å². The van der Waals surface area contributed by atoms with Crippen molar-refractivity contribution >= 4 is 9.84 Å². The lowest BCUT2D eigenvalue weighted by Crippen LogP contribution is -2.09. The molecule has 2 aromatic carbocycles. The summed E-state index contributed by atoms with van der Waals surface area (Å²) in [5, 5.41) is 8.72. The first-order valence-electron chi connectivity index (χ1n) is 5.70. The first-order valence-corrected chi connectivity index (χ1v) is 7.35. The Morgan fingerprint density at radius 1 is 1.00 bits per heavy atom. The molecule has 0 aliphatic heterocycles. The summed E-state index contributed by atoms with van der Waals surface area (Å²) in [4.78, 5) is -0.717. The molecule has 0 aliphatic carbocycles. The van der Waals surface area contributed by atoms with Crippen molar-refractivity contribution in [3.05, 3.63) is 65.0 Å². The van der Waals surface area contributed by atoms with Crippen LogP contribution in [0.3, 0.4) is 0 Å². The van der Waals surface area contributed by atoms with Gasteiger partial charge in [0, 0.05) is 11.6 Å². The van der Waals surface area contributed by atoms with Crippen molar-refractivity contribution in [1.29, 1.82) is 5.26 Å². The molecule has 2 aromatic rings. The molecular weight excluding hydrogens is 303 g/mol. The molecule has 0 aliphatic rings. The summed E-state index contributed by atoms with van der Waals surface area (Å²) in [6, 6.07) is 7.02. The first kappa shape index (κ1) is 15.1. The Morgan fingerprint density at radius 2 is 1.71 bits per heavy atom. The number of nitriles is 1. The topological polar surface area (TPSA) is 57.9 Å². The number of rotatable bonds is 3. The second-order valence-corrected chi connectivity index (χ2v) is 6.21. The summed E-state index contributed by atoms with van der Waals surface area (Å²) < 4.78 is 64.1. The molecule has 108 valence electrons. The quantitative estimate of drug-likeness (QED) is 0.819. The lowest BCUT2D eigenvalue weighted by molar-refractivity contribution is 0.547. The van der Waals surface area contributed by atoms with E-state index in [0.29, 0.717) is 6.07 Å². The zero-order valence-electron chi connectivity index (χ0n) is 10.5. The zero-order valence-corrected chi connectivity index (χ0v) is 11.3. The van der Waals surface area contributed by atoms with Gasteiger partial charge in [0.1, 0.15) is 22.3 Å². The van der Waals surface area contributed by atoms with Crippen molar-refractivity contribution in [1.82, 2.24) is 0 Å². The van der Waals surface area contributed by atoms with Crippen LogP contribution in [0, 0.1) is 28.8 Å². The van der Waals surface area contributed by atoms with Gasteiger partial charge in [0.25, 0.3) is 0 Å². The number of nitrogens with zero attached hydrogens (tertiary/aromatic N) is 1. The third-order valence-electron chi connectivity index (χ3n) is 2.75. The van der Waals surface area contributed by atoms with Crippen LogP contribution in [0.25, 0.3) is 0 Å². The van der Waals surface area contributed by atoms with Crippen LogP contribution in [0.1, 0.15) is 11.1 Å². The zero-order chi connectivity index (χ0) is 15.6. The fraction of sp³-hybridized carbons (Fsp3) is 0.0714. The molecule has 0 unspecified atom stereocenters. The summed E-state index contributed by atoms with van der Waals surface area (Å²) in [6.45, 7) is 0. The normalized spacial score (nSPS) is 11.1. The van der Waals surface area contributed by atoms with E-state index >= 15 is 0 Å². The van der Waals surface area contributed by atoms with E-state index in [2.05, 4.69) is 0 Å². The van der Waals surface area contributed by atoms with Crippen LogP contribution >= 0.6 is 0 Å². The Kier molecular flexibility index (Phi) is 4.00. The Morgan fingerprint density at radius 3 is 2.33 bits per heavy atom. The molecule has 0 radical (unpaired) electrons. The minimum atomic E-state index is -4.20. The molecule has 0 heterocycles. The maximum atomic E-state index is 13.6. The molecular formula is C14H8F3NO2S. The molecule has 0 spiro atoms. The lowest BCUT2D eigenvalue weighted by Gasteiger charge is -2.07. The maximum absolute atomic E-state index is 13.6. The van der Waals surface area contributed by atoms with Crippen LogP contribution in [0.4, 0.5) is 13.2 Å². The highest BCUT2D eigenvalue weighted by atomic mass is 32.2. The highest BCUT2D eigenvalue weighted by Crippen LogP contribution is 2.22. The van der Waals surface area contributed by atoms with E-state index in [1.165, 1.54) is 6.07 Å². The lowest BCUT2D eigenvalue weighted by atomic mass is 10.1. The Bertz CT molecular complexity index is 842. The van der Waals surface area contributed by atoms with Gasteiger partial charge in [0.05, 0.1) is 17.4 Å². The van der Waals surface area contributed by atoms with Crippen LogP contribution in [-0.2, 0) is 15.6 Å². The van der Waals surface area contributed by atoms with Gasteiger partial charge in [0.2, 0.25) is 0 Å². The summed E-state index contributed by atoms with van der Waals surface area (Å²) in [5.41, 5.74) is -0.168. The van der Waals surface area contributed by atoms with Gasteiger partial charge in [0.15, 0.2) is 9.84 Å². The van der Waals surface area contributed by atoms with Gasteiger partial charge >= 0.3 is 0 Å². The third-order valence-corrected chi connectivity index (χ3v) is 4.44. The highest BCUT2D eigenvalue weighted by molar-refractivity contribution is 7.90. The fourth-order valence-electron chi connectivity index (χ4n) is 1.76. The Hall–Kier alpha value is -2.33. The predicted octanol–water partition coefficient (Wildman–Crippen LogP) is 2.95. The highest BCUT2D eigenvalue weighted by Gasteiger charge is 2.22. The smallest absolute Gasteiger partial charge is 0.185 e. The standard InChI is InChI=1S/C14H8F3NO2S/c15-11-2-4-14(13(17)6-11)21(19,20)8-10-5-9(7-18)1-3-12(10)16/h1-6H,8H2. The second kappa shape index (κ2) is 5.58. The Balaban J connectivity index is 2.45. The molecule has 0 aromatic heterocycles. The summed E-state index contributed by atoms with van der Waals surface area (Å²) >= 11 is 0. The molecule has 0 N–H and O–H groups in total. The van der Waals surface area contributed by atoms with Crippen molar-refractivity contribution in [2.45, 2.75) is 10.6 Å². The minimum Gasteiger partial charge on any atom is -0.223 e. The van der Waals surface area contributed by atoms with Crippen molar-refractivity contribution in [2.24, 2.45) is 0 Å². The van der Waals surface area contributed by atoms with Crippen molar-refractivity contribution in [3.8, 4) is 6.07 Å². The summed E-state index contributed by atoms with van der Waals surface area (Å²) in [6.07, 6.45) is 0. The molecule has 0 fully saturated rings. The van der Waals surface area contributed by atoms with E-state index in [4.69, 9.17) is 5.26 Å². The maximum Gasteiger partial charge on any atom is 0.185 e. The molecule has 2 rings (SSSR count). The molecule has 7 heteroatoms. The first-order chi connectivity index (χ1) is 9.83. The SMILES string of the molecule is N#Cc1ccc(F)c(CS(=O)(=O)c2ccc(F)cc2F)c1. The molecule has 0 saturated heterocycles. The number of halogens is 3. The van der Waals surface area contributed by atoms with Crippen LogP contribution < -0.4 is 0 Å². The van der Waals surface area contributed by atoms with Crippen LogP contribution in [0.15, 0.2) is 41.3 Å². The predicted molar refractivity (Wildman–Crippen MR) is 68.4 cm³/mol. The van der Waals surface area contributed by atoms with Gasteiger partial charge in [-0.2, -0.15) is 5.26 Å². The van der Waals surface area contributed by atoms with E-state index < -0.39 is 37.9 Å². The molecule has 21 heavy (non-hydrogen) atoms. The average molecular weight is 311 g/mol. The van der Waals surface area contributed by atoms with Gasteiger partial charge in [-0.15, -0.1) is 0 Å². The van der Waals surface area contributed by atoms with E-state index in [1.807, 2.05) is 0 Å². The summed E-state index contributed by atoms with van der Waals surface area (Å²) in [7, 11) is -4.20. The number of sulfone groups is 1. The number of hydrogen-bond donors (Lipinski definition) is 0. The largest absolute Gasteiger partial charge is 0.223 e. The van der Waals surface area contributed by atoms with Gasteiger partial charge in [-0.25, -0.2) is 21.6 Å². The van der Waals surface area contributed by atoms with Gasteiger partial charge in [-0.1, -0.05) is 0 Å². The molecule has 0 atom stereocenters. The number of hydrogen-bond acceptors (Lipinski definition) is 3. The van der Waals surface area contributed by atoms with Gasteiger partial charge < -0.3 is 0 Å². The van der Waals surface area contributed by atoms with Gasteiger partial charge in [-0.05, 0) is 30.3 Å². The number of benzene rings is 2. The fourth-order valence-corrected chi connectivity index (χ4v) is 3.18. The third kappa shape index (κ3) is 3.23. The van der Waals surface area contributed by atoms with Crippen molar-refractivity contribution < 1.29 is 21.6 Å². The van der Waals surface area contributed by atoms with Gasteiger partial charge in [-0.3, -0.25) is 0 Å². The molecule has 3 nitrogen and oxygen atoms in total. The monoisotopic (exact) mass is 311 g/mol. The van der Waals surface area contributed by atoms with Crippen molar-refractivity contribution in [2.75, 3.05) is 0 Å². The van der Waals surface area contributed by atoms with E-state index in [9.17, 15) is 21.6 Å². The van der Waals surface area contributed by atoms with Crippen LogP contribution in [-0.4, -0.2) is 8.42 Å². The van der Waals surface area contributed by atoms with E-state index in [-0.39, 0.29) is 11.1 Å². The van der Waals surface area contributed by atoms with E-state index in [1.54, 1.807) is 6.07 Å². The van der Waals surface area contributed by atoms with Crippen LogP contribution in [0.2, 0.25) is 0 Å². The molecule has 0 bridgehead atoms. The van der Waals surface area contributed by atoms with E-state index in [0.717, 1.165) is 24.3 Å². The molecule has 0 amide bonds. The Labute approximate surface area is 119 Å².